The Labute approximate surface area is 131 Å². The van der Waals surface area contributed by atoms with Crippen LogP contribution in [0, 0.1) is 0 Å². The average Bonchev–Trinajstić information content (AvgIpc) is 2.84. The molecular formula is C16H24N2O4. The highest BCUT2D eigenvalue weighted by Crippen LogP contribution is 2.25. The number of hydrogen-bond acceptors (Lipinski definition) is 5. The van der Waals surface area contributed by atoms with Gasteiger partial charge in [0, 0.05) is 20.0 Å². The van der Waals surface area contributed by atoms with Gasteiger partial charge in [-0.1, -0.05) is 6.08 Å². The number of amides is 1. The van der Waals surface area contributed by atoms with Crippen LogP contribution in [-0.4, -0.2) is 41.5 Å². The Morgan fingerprint density at radius 3 is 2.59 bits per heavy atom. The molecule has 1 atom stereocenters. The first-order valence-electron chi connectivity index (χ1n) is 7.14. The Kier molecular flexibility index (Phi) is 5.91. The van der Waals surface area contributed by atoms with Crippen molar-refractivity contribution in [2.75, 3.05) is 14.1 Å². The minimum absolute atomic E-state index is 0.124. The summed E-state index contributed by atoms with van der Waals surface area (Å²) in [5.41, 5.74) is -0.323. The third-order valence-electron chi connectivity index (χ3n) is 2.78. The van der Waals surface area contributed by atoms with Gasteiger partial charge >= 0.3 is 5.97 Å². The predicted octanol–water partition coefficient (Wildman–Crippen LogP) is 2.77. The van der Waals surface area contributed by atoms with Crippen molar-refractivity contribution >= 4 is 11.9 Å². The third kappa shape index (κ3) is 5.35. The summed E-state index contributed by atoms with van der Waals surface area (Å²) in [4.78, 5) is 29.4. The molecule has 22 heavy (non-hydrogen) atoms. The Bertz CT molecular complexity index is 541. The van der Waals surface area contributed by atoms with Gasteiger partial charge in [-0.15, -0.1) is 6.58 Å². The molecule has 6 nitrogen and oxygen atoms in total. The first kappa shape index (κ1) is 17.9. The predicted molar refractivity (Wildman–Crippen MR) is 82.5 cm³/mol. The zero-order chi connectivity index (χ0) is 16.9. The molecular weight excluding hydrogens is 284 g/mol. The van der Waals surface area contributed by atoms with Gasteiger partial charge in [-0.25, -0.2) is 4.98 Å². The molecule has 0 fully saturated rings. The Morgan fingerprint density at radius 1 is 1.45 bits per heavy atom. The third-order valence-corrected chi connectivity index (χ3v) is 2.78. The van der Waals surface area contributed by atoms with Crippen LogP contribution < -0.4 is 0 Å². The summed E-state index contributed by atoms with van der Waals surface area (Å²) in [7, 11) is 3.28. The normalized spacial score (nSPS) is 12.6. The minimum atomic E-state index is -0.543. The topological polar surface area (TPSA) is 72.6 Å². The zero-order valence-electron chi connectivity index (χ0n) is 13.9. The molecule has 0 bridgehead atoms. The number of esters is 1. The largest absolute Gasteiger partial charge is 0.460 e. The molecule has 0 spiro atoms. The van der Waals surface area contributed by atoms with Gasteiger partial charge < -0.3 is 14.1 Å². The van der Waals surface area contributed by atoms with Crippen LogP contribution in [-0.2, 0) is 9.53 Å². The first-order valence-corrected chi connectivity index (χ1v) is 7.14. The number of allylic oxidation sites excluding steroid dienone is 1. The van der Waals surface area contributed by atoms with Crippen LogP contribution in [0.25, 0.3) is 0 Å². The lowest BCUT2D eigenvalue weighted by atomic mass is 10.0. The molecule has 6 heteroatoms. The number of rotatable bonds is 6. The fourth-order valence-electron chi connectivity index (χ4n) is 1.86. The van der Waals surface area contributed by atoms with E-state index in [2.05, 4.69) is 11.6 Å². The monoisotopic (exact) mass is 308 g/mol. The standard InChI is InChI=1S/C16H24N2O4/c1-7-8-11(9-13(19)22-16(2,3)4)14-17-12(10-21-14)15(20)18(5)6/h7,10-11H,1,8-9H2,2-6H3/t11-/m1/s1. The van der Waals surface area contributed by atoms with Crippen LogP contribution in [0.5, 0.6) is 0 Å². The van der Waals surface area contributed by atoms with Crippen molar-refractivity contribution < 1.29 is 18.7 Å². The second-order valence-electron chi connectivity index (χ2n) is 6.28. The Morgan fingerprint density at radius 2 is 2.09 bits per heavy atom. The highest BCUT2D eigenvalue weighted by Gasteiger charge is 2.25. The van der Waals surface area contributed by atoms with Gasteiger partial charge in [-0.3, -0.25) is 9.59 Å². The molecule has 0 aliphatic heterocycles. The van der Waals surface area contributed by atoms with Crippen molar-refractivity contribution in [3.63, 3.8) is 0 Å². The summed E-state index contributed by atoms with van der Waals surface area (Å²) in [5, 5.41) is 0. The molecule has 0 saturated carbocycles. The Hall–Kier alpha value is -2.11. The van der Waals surface area contributed by atoms with Crippen molar-refractivity contribution in [3.8, 4) is 0 Å². The molecule has 1 rings (SSSR count). The molecule has 1 aromatic rings. The van der Waals surface area contributed by atoms with Gasteiger partial charge in [0.2, 0.25) is 0 Å². The molecule has 0 aliphatic rings. The van der Waals surface area contributed by atoms with E-state index < -0.39 is 5.60 Å². The van der Waals surface area contributed by atoms with Crippen LogP contribution in [0.2, 0.25) is 0 Å². The summed E-state index contributed by atoms with van der Waals surface area (Å²) < 4.78 is 10.7. The lowest BCUT2D eigenvalue weighted by molar-refractivity contribution is -0.155. The molecule has 122 valence electrons. The first-order chi connectivity index (χ1) is 10.1. The van der Waals surface area contributed by atoms with Gasteiger partial charge in [-0.05, 0) is 27.2 Å². The molecule has 1 amide bonds. The summed E-state index contributed by atoms with van der Waals surface area (Å²) in [6, 6.07) is 0. The van der Waals surface area contributed by atoms with Crippen molar-refractivity contribution in [1.82, 2.24) is 9.88 Å². The minimum Gasteiger partial charge on any atom is -0.460 e. The maximum Gasteiger partial charge on any atom is 0.307 e. The second kappa shape index (κ2) is 7.24. The lowest BCUT2D eigenvalue weighted by Crippen LogP contribution is -2.25. The number of oxazole rings is 1. The van der Waals surface area contributed by atoms with E-state index in [9.17, 15) is 9.59 Å². The highest BCUT2D eigenvalue weighted by molar-refractivity contribution is 5.91. The number of ether oxygens (including phenoxy) is 1. The number of nitrogens with zero attached hydrogens (tertiary/aromatic N) is 2. The van der Waals surface area contributed by atoms with E-state index in [1.165, 1.54) is 11.2 Å². The highest BCUT2D eigenvalue weighted by atomic mass is 16.6. The van der Waals surface area contributed by atoms with Gasteiger partial charge in [0.05, 0.1) is 6.42 Å². The smallest absolute Gasteiger partial charge is 0.307 e. The molecule has 0 radical (unpaired) electrons. The lowest BCUT2D eigenvalue weighted by Gasteiger charge is -2.20. The van der Waals surface area contributed by atoms with Crippen LogP contribution >= 0.6 is 0 Å². The second-order valence-corrected chi connectivity index (χ2v) is 6.28. The van der Waals surface area contributed by atoms with Crippen LogP contribution in [0.4, 0.5) is 0 Å². The fraction of sp³-hybridized carbons (Fsp3) is 0.562. The molecule has 0 saturated heterocycles. The summed E-state index contributed by atoms with van der Waals surface area (Å²) in [5.74, 6) is -0.533. The van der Waals surface area contributed by atoms with Gasteiger partial charge in [0.25, 0.3) is 5.91 Å². The van der Waals surface area contributed by atoms with E-state index in [1.807, 2.05) is 20.8 Å². The number of aromatic nitrogens is 1. The fourth-order valence-corrected chi connectivity index (χ4v) is 1.86. The summed E-state index contributed by atoms with van der Waals surface area (Å²) >= 11 is 0. The SMILES string of the molecule is C=CC[C@H](CC(=O)OC(C)(C)C)c1nc(C(=O)N(C)C)co1. The van der Waals surface area contributed by atoms with E-state index in [1.54, 1.807) is 20.2 Å². The van der Waals surface area contributed by atoms with Crippen LogP contribution in [0.1, 0.15) is 55.9 Å². The summed E-state index contributed by atoms with van der Waals surface area (Å²) in [6.45, 7) is 9.12. The molecule has 0 N–H and O–H groups in total. The van der Waals surface area contributed by atoms with E-state index >= 15 is 0 Å². The van der Waals surface area contributed by atoms with Gasteiger partial charge in [-0.2, -0.15) is 0 Å². The van der Waals surface area contributed by atoms with Crippen molar-refractivity contribution in [2.24, 2.45) is 0 Å². The number of hydrogen-bond donors (Lipinski definition) is 0. The zero-order valence-corrected chi connectivity index (χ0v) is 13.9. The van der Waals surface area contributed by atoms with E-state index in [0.717, 1.165) is 0 Å². The van der Waals surface area contributed by atoms with Crippen LogP contribution in [0.3, 0.4) is 0 Å². The Balaban J connectivity index is 2.85. The van der Waals surface area contributed by atoms with Crippen molar-refractivity contribution in [1.29, 1.82) is 0 Å². The number of carbonyl (C=O) groups is 2. The maximum atomic E-state index is 12.0. The van der Waals surface area contributed by atoms with Crippen LogP contribution in [0.15, 0.2) is 23.3 Å². The number of carbonyl (C=O) groups excluding carboxylic acids is 2. The van der Waals surface area contributed by atoms with Crippen molar-refractivity contribution in [2.45, 2.75) is 45.1 Å². The summed E-state index contributed by atoms with van der Waals surface area (Å²) in [6.07, 6.45) is 3.63. The molecule has 0 unspecified atom stereocenters. The molecule has 1 aromatic heterocycles. The van der Waals surface area contributed by atoms with Gasteiger partial charge in [0.1, 0.15) is 11.9 Å². The maximum absolute atomic E-state index is 12.0. The molecule has 0 aromatic carbocycles. The van der Waals surface area contributed by atoms with Crippen molar-refractivity contribution in [3.05, 3.63) is 30.5 Å². The molecule has 1 heterocycles. The molecule has 0 aliphatic carbocycles. The van der Waals surface area contributed by atoms with E-state index in [0.29, 0.717) is 12.3 Å². The van der Waals surface area contributed by atoms with E-state index in [-0.39, 0.29) is 29.9 Å². The van der Waals surface area contributed by atoms with Gasteiger partial charge in [0.15, 0.2) is 11.6 Å². The quantitative estimate of drug-likeness (QED) is 0.597. The van der Waals surface area contributed by atoms with E-state index in [4.69, 9.17) is 9.15 Å². The average molecular weight is 308 g/mol.